The van der Waals surface area contributed by atoms with Gasteiger partial charge in [-0.25, -0.2) is 9.97 Å². The molecule has 1 aromatic heterocycles. The van der Waals surface area contributed by atoms with Gasteiger partial charge in [0.05, 0.1) is 11.3 Å². The van der Waals surface area contributed by atoms with Crippen LogP contribution in [0.5, 0.6) is 0 Å². The van der Waals surface area contributed by atoms with Crippen molar-refractivity contribution in [2.75, 3.05) is 19.3 Å². The molecule has 114 valence electrons. The van der Waals surface area contributed by atoms with Crippen molar-refractivity contribution in [3.05, 3.63) is 17.1 Å². The summed E-state index contributed by atoms with van der Waals surface area (Å²) in [6.07, 6.45) is 2.48. The molecule has 1 aliphatic heterocycles. The summed E-state index contributed by atoms with van der Waals surface area (Å²) < 4.78 is 0. The maximum absolute atomic E-state index is 12.9. The van der Waals surface area contributed by atoms with Gasteiger partial charge in [0, 0.05) is 13.1 Å². The van der Waals surface area contributed by atoms with Gasteiger partial charge in [0.2, 0.25) is 5.91 Å². The van der Waals surface area contributed by atoms with Gasteiger partial charge in [-0.15, -0.1) is 11.8 Å². The van der Waals surface area contributed by atoms with Crippen LogP contribution >= 0.6 is 11.8 Å². The van der Waals surface area contributed by atoms with E-state index in [4.69, 9.17) is 0 Å². The predicted molar refractivity (Wildman–Crippen MR) is 81.4 cm³/mol. The average molecular weight is 308 g/mol. The molecule has 0 bridgehead atoms. The molecule has 2 rings (SSSR count). The van der Waals surface area contributed by atoms with E-state index in [9.17, 15) is 9.59 Å². The number of carbonyl (C=O) groups is 2. The average Bonchev–Trinajstić information content (AvgIpc) is 2.45. The number of thioether (sulfide) groups is 1. The summed E-state index contributed by atoms with van der Waals surface area (Å²) in [6, 6.07) is -0.415. The van der Waals surface area contributed by atoms with Crippen LogP contribution in [-0.2, 0) is 4.79 Å². The van der Waals surface area contributed by atoms with E-state index >= 15 is 0 Å². The zero-order valence-corrected chi connectivity index (χ0v) is 13.6. The Morgan fingerprint density at radius 1 is 1.43 bits per heavy atom. The van der Waals surface area contributed by atoms with Crippen LogP contribution in [0.4, 0.5) is 0 Å². The van der Waals surface area contributed by atoms with E-state index in [-0.39, 0.29) is 11.8 Å². The van der Waals surface area contributed by atoms with Crippen molar-refractivity contribution in [1.29, 1.82) is 0 Å². The highest BCUT2D eigenvalue weighted by Crippen LogP contribution is 2.24. The lowest BCUT2D eigenvalue weighted by molar-refractivity contribution is -0.127. The highest BCUT2D eigenvalue weighted by Gasteiger charge is 2.34. The van der Waals surface area contributed by atoms with Crippen molar-refractivity contribution in [3.8, 4) is 0 Å². The number of nitrogens with one attached hydrogen (secondary N) is 1. The minimum Gasteiger partial charge on any atom is -0.353 e. The Kier molecular flexibility index (Phi) is 4.82. The van der Waals surface area contributed by atoms with Crippen LogP contribution < -0.4 is 5.32 Å². The molecule has 1 atom stereocenters. The molecule has 0 spiro atoms. The molecule has 0 aliphatic carbocycles. The van der Waals surface area contributed by atoms with Gasteiger partial charge < -0.3 is 10.2 Å². The summed E-state index contributed by atoms with van der Waals surface area (Å²) in [5.74, 6) is 0.406. The normalized spacial score (nSPS) is 18.6. The lowest BCUT2D eigenvalue weighted by Crippen LogP contribution is -2.57. The minimum atomic E-state index is -0.415. The molecular weight excluding hydrogens is 288 g/mol. The van der Waals surface area contributed by atoms with Crippen LogP contribution in [0.2, 0.25) is 0 Å². The highest BCUT2D eigenvalue weighted by molar-refractivity contribution is 7.98. The number of hydrogen-bond donors (Lipinski definition) is 1. The van der Waals surface area contributed by atoms with Gasteiger partial charge in [-0.05, 0) is 26.5 Å². The Morgan fingerprint density at radius 2 is 2.14 bits per heavy atom. The molecule has 0 saturated carbocycles. The molecule has 1 saturated heterocycles. The second kappa shape index (κ2) is 6.43. The van der Waals surface area contributed by atoms with Crippen LogP contribution in [0.3, 0.4) is 0 Å². The van der Waals surface area contributed by atoms with Crippen molar-refractivity contribution in [2.45, 2.75) is 38.3 Å². The second-order valence-corrected chi connectivity index (χ2v) is 5.75. The number of aromatic nitrogens is 2. The lowest BCUT2D eigenvalue weighted by atomic mass is 10.1. The van der Waals surface area contributed by atoms with E-state index in [1.165, 1.54) is 11.8 Å². The number of aryl methyl sites for hydroxylation is 2. The molecule has 1 aliphatic rings. The predicted octanol–water partition coefficient (Wildman–Crippen LogP) is 1.17. The number of amides is 2. The summed E-state index contributed by atoms with van der Waals surface area (Å²) in [4.78, 5) is 35.1. The number of rotatable bonds is 3. The molecule has 1 unspecified atom stereocenters. The van der Waals surface area contributed by atoms with Crippen molar-refractivity contribution in [3.63, 3.8) is 0 Å². The van der Waals surface area contributed by atoms with Crippen molar-refractivity contribution in [2.24, 2.45) is 0 Å². The number of nitrogens with zero attached hydrogens (tertiary/aromatic N) is 3. The molecule has 1 aromatic rings. The fourth-order valence-electron chi connectivity index (χ4n) is 2.58. The monoisotopic (exact) mass is 308 g/mol. The first-order valence-corrected chi connectivity index (χ1v) is 8.20. The highest BCUT2D eigenvalue weighted by atomic mass is 32.2. The van der Waals surface area contributed by atoms with Crippen LogP contribution in [0.1, 0.15) is 35.2 Å². The van der Waals surface area contributed by atoms with Crippen LogP contribution in [0, 0.1) is 13.8 Å². The van der Waals surface area contributed by atoms with E-state index < -0.39 is 6.04 Å². The summed E-state index contributed by atoms with van der Waals surface area (Å²) in [5, 5.41) is 3.47. The molecule has 2 amide bonds. The second-order valence-electron chi connectivity index (χ2n) is 4.95. The van der Waals surface area contributed by atoms with E-state index in [1.54, 1.807) is 4.90 Å². The Bertz CT molecular complexity index is 576. The molecule has 0 radical (unpaired) electrons. The summed E-state index contributed by atoms with van der Waals surface area (Å²) in [6.45, 7) is 6.53. The Balaban J connectivity index is 2.41. The smallest absolute Gasteiger partial charge is 0.259 e. The van der Waals surface area contributed by atoms with Gasteiger partial charge in [0.25, 0.3) is 5.91 Å². The first-order valence-electron chi connectivity index (χ1n) is 6.97. The Labute approximate surface area is 128 Å². The number of carbonyl (C=O) groups excluding carboxylic acids is 2. The van der Waals surface area contributed by atoms with Gasteiger partial charge in [-0.2, -0.15) is 0 Å². The third-order valence-corrected chi connectivity index (χ3v) is 4.24. The minimum absolute atomic E-state index is 0.0894. The van der Waals surface area contributed by atoms with Gasteiger partial charge in [0.15, 0.2) is 0 Å². The van der Waals surface area contributed by atoms with Gasteiger partial charge in [-0.3, -0.25) is 9.59 Å². The number of hydrogen-bond acceptors (Lipinski definition) is 5. The van der Waals surface area contributed by atoms with Crippen molar-refractivity contribution < 1.29 is 9.59 Å². The summed E-state index contributed by atoms with van der Waals surface area (Å²) in [7, 11) is 0. The van der Waals surface area contributed by atoms with Crippen LogP contribution in [-0.4, -0.2) is 52.1 Å². The van der Waals surface area contributed by atoms with E-state index in [0.717, 1.165) is 0 Å². The fraction of sp³-hybridized carbons (Fsp3) is 0.571. The van der Waals surface area contributed by atoms with Gasteiger partial charge >= 0.3 is 0 Å². The molecule has 1 fully saturated rings. The molecule has 1 N–H and O–H groups in total. The Hall–Kier alpha value is -1.63. The number of piperazine rings is 1. The molecule has 0 aromatic carbocycles. The van der Waals surface area contributed by atoms with Crippen LogP contribution in [0.25, 0.3) is 0 Å². The first kappa shape index (κ1) is 15.8. The van der Waals surface area contributed by atoms with Gasteiger partial charge in [0.1, 0.15) is 16.9 Å². The van der Waals surface area contributed by atoms with E-state index in [2.05, 4.69) is 15.3 Å². The summed E-state index contributed by atoms with van der Waals surface area (Å²) >= 11 is 1.43. The van der Waals surface area contributed by atoms with Crippen molar-refractivity contribution in [1.82, 2.24) is 20.2 Å². The van der Waals surface area contributed by atoms with Gasteiger partial charge in [-0.1, -0.05) is 6.92 Å². The molecular formula is C14H20N4O2S. The largest absolute Gasteiger partial charge is 0.353 e. The maximum atomic E-state index is 12.9. The Morgan fingerprint density at radius 3 is 2.76 bits per heavy atom. The molecule has 21 heavy (non-hydrogen) atoms. The van der Waals surface area contributed by atoms with E-state index in [0.29, 0.717) is 41.6 Å². The first-order chi connectivity index (χ1) is 9.99. The molecule has 7 heteroatoms. The zero-order chi connectivity index (χ0) is 15.6. The maximum Gasteiger partial charge on any atom is 0.259 e. The quantitative estimate of drug-likeness (QED) is 0.670. The fourth-order valence-corrected chi connectivity index (χ4v) is 3.24. The van der Waals surface area contributed by atoms with E-state index in [1.807, 2.05) is 27.0 Å². The summed E-state index contributed by atoms with van der Waals surface area (Å²) in [5.41, 5.74) is 1.18. The SMILES string of the molecule is CCC1C(=O)NCCN1C(=O)c1c(C)nc(C)nc1SC. The topological polar surface area (TPSA) is 75.2 Å². The van der Waals surface area contributed by atoms with Crippen molar-refractivity contribution >= 4 is 23.6 Å². The van der Waals surface area contributed by atoms with Crippen LogP contribution in [0.15, 0.2) is 5.03 Å². The lowest BCUT2D eigenvalue weighted by Gasteiger charge is -2.35. The molecule has 6 nitrogen and oxygen atoms in total. The molecule has 2 heterocycles. The third-order valence-electron chi connectivity index (χ3n) is 3.55. The zero-order valence-electron chi connectivity index (χ0n) is 12.8. The third kappa shape index (κ3) is 3.02. The standard InChI is InChI=1S/C14H20N4O2S/c1-5-10-12(19)15-6-7-18(10)14(20)11-8(2)16-9(3)17-13(11)21-4/h10H,5-7H2,1-4H3,(H,15,19).